The molecule has 1 saturated heterocycles. The first-order chi connectivity index (χ1) is 10.2. The molecule has 0 aliphatic carbocycles. The molecule has 2 aromatic heterocycles. The van der Waals surface area contributed by atoms with E-state index in [9.17, 15) is 4.79 Å². The average Bonchev–Trinajstić information content (AvgIpc) is 2.98. The number of rotatable bonds is 3. The standard InChI is InChI=1S/C14H15N5O2/c1-10-2-3-13(18-17-10)21-11-4-7-19(9-11)14(20)12-8-15-5-6-16-12/h2-3,5-6,8,11H,4,7,9H2,1H3/t11-/m1/s1. The van der Waals surface area contributed by atoms with Gasteiger partial charge in [0.25, 0.3) is 5.91 Å². The Bertz CT molecular complexity index is 617. The molecule has 3 heterocycles. The van der Waals surface area contributed by atoms with Crippen molar-refractivity contribution in [2.24, 2.45) is 0 Å². The summed E-state index contributed by atoms with van der Waals surface area (Å²) in [7, 11) is 0. The molecule has 1 fully saturated rings. The maximum absolute atomic E-state index is 12.2. The van der Waals surface area contributed by atoms with Gasteiger partial charge in [0.15, 0.2) is 0 Å². The second kappa shape index (κ2) is 5.82. The van der Waals surface area contributed by atoms with Crippen LogP contribution in [0.2, 0.25) is 0 Å². The van der Waals surface area contributed by atoms with E-state index >= 15 is 0 Å². The van der Waals surface area contributed by atoms with Crippen LogP contribution in [0.25, 0.3) is 0 Å². The third kappa shape index (κ3) is 3.13. The summed E-state index contributed by atoms with van der Waals surface area (Å²) >= 11 is 0. The summed E-state index contributed by atoms with van der Waals surface area (Å²) in [4.78, 5) is 21.9. The van der Waals surface area contributed by atoms with Gasteiger partial charge in [-0.25, -0.2) is 4.98 Å². The number of aromatic nitrogens is 4. The summed E-state index contributed by atoms with van der Waals surface area (Å²) in [6.45, 7) is 3.03. The molecule has 1 aliphatic rings. The van der Waals surface area contributed by atoms with Gasteiger partial charge in [0.1, 0.15) is 11.8 Å². The van der Waals surface area contributed by atoms with E-state index in [4.69, 9.17) is 4.74 Å². The van der Waals surface area contributed by atoms with Crippen molar-refractivity contribution in [1.29, 1.82) is 0 Å². The zero-order valence-electron chi connectivity index (χ0n) is 11.6. The van der Waals surface area contributed by atoms with Crippen molar-refractivity contribution >= 4 is 5.91 Å². The lowest BCUT2D eigenvalue weighted by Gasteiger charge is -2.16. The number of hydrogen-bond donors (Lipinski definition) is 0. The Kier molecular flexibility index (Phi) is 3.72. The van der Waals surface area contributed by atoms with Crippen LogP contribution in [0.1, 0.15) is 22.6 Å². The van der Waals surface area contributed by atoms with Crippen LogP contribution >= 0.6 is 0 Å². The Morgan fingerprint density at radius 2 is 2.24 bits per heavy atom. The molecule has 0 N–H and O–H groups in total. The van der Waals surface area contributed by atoms with Crippen LogP contribution in [0.5, 0.6) is 5.88 Å². The van der Waals surface area contributed by atoms with E-state index in [1.807, 2.05) is 13.0 Å². The molecule has 0 bridgehead atoms. The Balaban J connectivity index is 1.60. The molecule has 0 aromatic carbocycles. The summed E-state index contributed by atoms with van der Waals surface area (Å²) in [6.07, 6.45) is 5.23. The monoisotopic (exact) mass is 285 g/mol. The summed E-state index contributed by atoms with van der Waals surface area (Å²) in [5.74, 6) is 0.364. The second-order valence-electron chi connectivity index (χ2n) is 4.88. The molecule has 0 saturated carbocycles. The number of ether oxygens (including phenoxy) is 1. The van der Waals surface area contributed by atoms with E-state index in [2.05, 4.69) is 20.2 Å². The van der Waals surface area contributed by atoms with Crippen molar-refractivity contribution in [1.82, 2.24) is 25.1 Å². The lowest BCUT2D eigenvalue weighted by Crippen LogP contribution is -2.31. The lowest BCUT2D eigenvalue weighted by molar-refractivity contribution is 0.0764. The minimum absolute atomic E-state index is 0.0670. The summed E-state index contributed by atoms with van der Waals surface area (Å²) < 4.78 is 5.74. The summed E-state index contributed by atoms with van der Waals surface area (Å²) in [6, 6.07) is 3.63. The minimum atomic E-state index is -0.121. The first kappa shape index (κ1) is 13.4. The minimum Gasteiger partial charge on any atom is -0.471 e. The Morgan fingerprint density at radius 1 is 1.33 bits per heavy atom. The van der Waals surface area contributed by atoms with Crippen LogP contribution in [0.3, 0.4) is 0 Å². The van der Waals surface area contributed by atoms with Crippen LogP contribution in [0, 0.1) is 6.92 Å². The van der Waals surface area contributed by atoms with E-state index in [0.29, 0.717) is 24.7 Å². The van der Waals surface area contributed by atoms with E-state index in [1.54, 1.807) is 17.2 Å². The second-order valence-corrected chi connectivity index (χ2v) is 4.88. The van der Waals surface area contributed by atoms with E-state index < -0.39 is 0 Å². The van der Waals surface area contributed by atoms with Gasteiger partial charge in [0, 0.05) is 31.4 Å². The Labute approximate surface area is 122 Å². The van der Waals surface area contributed by atoms with Gasteiger partial charge in [-0.05, 0) is 13.0 Å². The molecule has 7 heteroatoms. The molecule has 1 aliphatic heterocycles. The third-order valence-electron chi connectivity index (χ3n) is 3.28. The lowest BCUT2D eigenvalue weighted by atomic mass is 10.3. The van der Waals surface area contributed by atoms with Crippen molar-refractivity contribution in [3.63, 3.8) is 0 Å². The molecule has 1 atom stereocenters. The summed E-state index contributed by atoms with van der Waals surface area (Å²) in [5.41, 5.74) is 1.20. The van der Waals surface area contributed by atoms with Gasteiger partial charge in [-0.2, -0.15) is 5.10 Å². The molecule has 0 unspecified atom stereocenters. The first-order valence-electron chi connectivity index (χ1n) is 6.74. The maximum atomic E-state index is 12.2. The smallest absolute Gasteiger partial charge is 0.274 e. The van der Waals surface area contributed by atoms with E-state index in [1.165, 1.54) is 12.4 Å². The predicted molar refractivity (Wildman–Crippen MR) is 73.7 cm³/mol. The van der Waals surface area contributed by atoms with Crippen molar-refractivity contribution < 1.29 is 9.53 Å². The number of hydrogen-bond acceptors (Lipinski definition) is 6. The van der Waals surface area contributed by atoms with Gasteiger partial charge in [-0.1, -0.05) is 0 Å². The Morgan fingerprint density at radius 3 is 2.95 bits per heavy atom. The van der Waals surface area contributed by atoms with Crippen LogP contribution in [0.4, 0.5) is 0 Å². The van der Waals surface area contributed by atoms with E-state index in [-0.39, 0.29) is 12.0 Å². The molecule has 21 heavy (non-hydrogen) atoms. The molecular formula is C14H15N5O2. The molecule has 0 radical (unpaired) electrons. The van der Waals surface area contributed by atoms with Crippen LogP contribution in [0.15, 0.2) is 30.7 Å². The predicted octanol–water partition coefficient (Wildman–Crippen LogP) is 0.869. The molecule has 3 rings (SSSR count). The fourth-order valence-corrected chi connectivity index (χ4v) is 2.20. The molecule has 2 aromatic rings. The normalized spacial score (nSPS) is 17.8. The zero-order chi connectivity index (χ0) is 14.7. The number of amides is 1. The van der Waals surface area contributed by atoms with Crippen LogP contribution in [-0.4, -0.2) is 50.2 Å². The highest BCUT2D eigenvalue weighted by molar-refractivity contribution is 5.92. The highest BCUT2D eigenvalue weighted by Gasteiger charge is 2.29. The quantitative estimate of drug-likeness (QED) is 0.832. The Hall–Kier alpha value is -2.57. The maximum Gasteiger partial charge on any atom is 0.274 e. The van der Waals surface area contributed by atoms with Gasteiger partial charge in [0.05, 0.1) is 18.4 Å². The summed E-state index contributed by atoms with van der Waals surface area (Å²) in [5, 5.41) is 7.92. The molecule has 0 spiro atoms. The molecular weight excluding hydrogens is 270 g/mol. The van der Waals surface area contributed by atoms with Gasteiger partial charge in [-0.3, -0.25) is 9.78 Å². The highest BCUT2D eigenvalue weighted by Crippen LogP contribution is 2.17. The average molecular weight is 285 g/mol. The number of likely N-dealkylation sites (tertiary alicyclic amines) is 1. The van der Waals surface area contributed by atoms with Gasteiger partial charge in [-0.15, -0.1) is 5.10 Å². The number of nitrogens with zero attached hydrogens (tertiary/aromatic N) is 5. The number of carbonyl (C=O) groups is 1. The van der Waals surface area contributed by atoms with Gasteiger partial charge >= 0.3 is 0 Å². The van der Waals surface area contributed by atoms with Crippen molar-refractivity contribution in [3.8, 4) is 5.88 Å². The zero-order valence-corrected chi connectivity index (χ0v) is 11.6. The largest absolute Gasteiger partial charge is 0.471 e. The van der Waals surface area contributed by atoms with Crippen molar-refractivity contribution in [2.45, 2.75) is 19.4 Å². The number of aryl methyl sites for hydroxylation is 1. The topological polar surface area (TPSA) is 81.1 Å². The van der Waals surface area contributed by atoms with Crippen molar-refractivity contribution in [2.75, 3.05) is 13.1 Å². The number of carbonyl (C=O) groups excluding carboxylic acids is 1. The SMILES string of the molecule is Cc1ccc(O[C@@H]2CCN(C(=O)c3cnccn3)C2)nn1. The highest BCUT2D eigenvalue weighted by atomic mass is 16.5. The van der Waals surface area contributed by atoms with Gasteiger partial charge in [0.2, 0.25) is 5.88 Å². The molecule has 7 nitrogen and oxygen atoms in total. The van der Waals surface area contributed by atoms with Crippen LogP contribution < -0.4 is 4.74 Å². The molecule has 108 valence electrons. The van der Waals surface area contributed by atoms with Crippen molar-refractivity contribution in [3.05, 3.63) is 42.1 Å². The van der Waals surface area contributed by atoms with Gasteiger partial charge < -0.3 is 9.64 Å². The first-order valence-corrected chi connectivity index (χ1v) is 6.74. The van der Waals surface area contributed by atoms with Crippen LogP contribution in [-0.2, 0) is 0 Å². The fraction of sp³-hybridized carbons (Fsp3) is 0.357. The molecule has 1 amide bonds. The van der Waals surface area contributed by atoms with E-state index in [0.717, 1.165) is 12.1 Å². The third-order valence-corrected chi connectivity index (χ3v) is 3.28. The fourth-order valence-electron chi connectivity index (χ4n) is 2.20.